The molecule has 0 radical (unpaired) electrons. The predicted molar refractivity (Wildman–Crippen MR) is 85.9 cm³/mol. The summed E-state index contributed by atoms with van der Waals surface area (Å²) in [6, 6.07) is 4.94. The predicted octanol–water partition coefficient (Wildman–Crippen LogP) is 1.07. The molecule has 1 aliphatic heterocycles. The van der Waals surface area contributed by atoms with Gasteiger partial charge in [-0.3, -0.25) is 0 Å². The second-order valence-corrected chi connectivity index (χ2v) is 7.14. The zero-order valence-corrected chi connectivity index (χ0v) is 13.2. The average Bonchev–Trinajstić information content (AvgIpc) is 2.96. The first kappa shape index (κ1) is 16.1. The maximum atomic E-state index is 11.7. The van der Waals surface area contributed by atoms with Gasteiger partial charge in [-0.05, 0) is 64.1 Å². The molecule has 0 amide bonds. The lowest BCUT2D eigenvalue weighted by Crippen LogP contribution is -2.22. The van der Waals surface area contributed by atoms with E-state index in [-0.39, 0.29) is 10.6 Å². The van der Waals surface area contributed by atoms with E-state index in [1.807, 2.05) is 0 Å². The summed E-state index contributed by atoms with van der Waals surface area (Å²) < 4.78 is 25.7. The van der Waals surface area contributed by atoms with Gasteiger partial charge in [0.1, 0.15) is 4.90 Å². The van der Waals surface area contributed by atoms with E-state index >= 15 is 0 Å². The molecule has 1 heterocycles. The molecule has 1 fully saturated rings. The van der Waals surface area contributed by atoms with Crippen LogP contribution in [0.5, 0.6) is 0 Å². The lowest BCUT2D eigenvalue weighted by molar-refractivity contribution is 0.337. The summed E-state index contributed by atoms with van der Waals surface area (Å²) in [7, 11) is -2.12. The third kappa shape index (κ3) is 4.33. The first-order chi connectivity index (χ1) is 10.0. The Balaban J connectivity index is 1.85. The number of benzene rings is 1. The molecule has 2 rings (SSSR count). The second-order valence-electron chi connectivity index (χ2n) is 5.29. The SMILES string of the molecule is CNS(=O)(=O)c1ccc(NCCCN2CCCC2)cc1N. The molecule has 0 atom stereocenters. The maximum Gasteiger partial charge on any atom is 0.242 e. The van der Waals surface area contributed by atoms with Crippen molar-refractivity contribution in [3.05, 3.63) is 18.2 Å². The zero-order valence-electron chi connectivity index (χ0n) is 12.4. The molecule has 4 N–H and O–H groups in total. The molecule has 1 saturated heterocycles. The smallest absolute Gasteiger partial charge is 0.242 e. The van der Waals surface area contributed by atoms with Gasteiger partial charge in [-0.2, -0.15) is 0 Å². The van der Waals surface area contributed by atoms with Crippen LogP contribution in [0.3, 0.4) is 0 Å². The molecular weight excluding hydrogens is 288 g/mol. The molecule has 1 aliphatic rings. The lowest BCUT2D eigenvalue weighted by atomic mass is 10.2. The number of sulfonamides is 1. The third-order valence-electron chi connectivity index (χ3n) is 3.75. The van der Waals surface area contributed by atoms with Gasteiger partial charge in [0.05, 0.1) is 5.69 Å². The lowest BCUT2D eigenvalue weighted by Gasteiger charge is -2.15. The van der Waals surface area contributed by atoms with E-state index in [0.717, 1.165) is 25.2 Å². The van der Waals surface area contributed by atoms with E-state index < -0.39 is 10.0 Å². The zero-order chi connectivity index (χ0) is 15.3. The number of rotatable bonds is 7. The Bertz CT molecular complexity index is 568. The van der Waals surface area contributed by atoms with E-state index in [0.29, 0.717) is 0 Å². The highest BCUT2D eigenvalue weighted by Gasteiger charge is 2.15. The van der Waals surface area contributed by atoms with Crippen LogP contribution >= 0.6 is 0 Å². The van der Waals surface area contributed by atoms with Crippen molar-refractivity contribution in [2.24, 2.45) is 0 Å². The number of nitrogens with two attached hydrogens (primary N) is 1. The van der Waals surface area contributed by atoms with Crippen LogP contribution < -0.4 is 15.8 Å². The minimum atomic E-state index is -3.49. The molecular formula is C14H24N4O2S. The summed E-state index contributed by atoms with van der Waals surface area (Å²) >= 11 is 0. The highest BCUT2D eigenvalue weighted by atomic mass is 32.2. The summed E-state index contributed by atoms with van der Waals surface area (Å²) in [6.45, 7) is 4.38. The Hall–Kier alpha value is -1.31. The Morgan fingerprint density at radius 1 is 1.29 bits per heavy atom. The first-order valence-electron chi connectivity index (χ1n) is 7.32. The fourth-order valence-electron chi connectivity index (χ4n) is 2.55. The van der Waals surface area contributed by atoms with Gasteiger partial charge in [0, 0.05) is 12.2 Å². The van der Waals surface area contributed by atoms with E-state index in [2.05, 4.69) is 14.9 Å². The van der Waals surface area contributed by atoms with Crippen LogP contribution in [-0.4, -0.2) is 46.5 Å². The standard InChI is InChI=1S/C14H24N4O2S/c1-16-21(19,20)14-6-5-12(11-13(14)15)17-7-4-10-18-8-2-3-9-18/h5-6,11,16-17H,2-4,7-10,15H2,1H3. The fraction of sp³-hybridized carbons (Fsp3) is 0.571. The van der Waals surface area contributed by atoms with E-state index in [9.17, 15) is 8.42 Å². The second kappa shape index (κ2) is 7.11. The van der Waals surface area contributed by atoms with E-state index in [1.54, 1.807) is 12.1 Å². The largest absolute Gasteiger partial charge is 0.398 e. The molecule has 118 valence electrons. The maximum absolute atomic E-state index is 11.7. The van der Waals surface area contributed by atoms with Gasteiger partial charge < -0.3 is 16.0 Å². The van der Waals surface area contributed by atoms with Crippen molar-refractivity contribution in [3.63, 3.8) is 0 Å². The molecule has 0 aliphatic carbocycles. The van der Waals surface area contributed by atoms with Crippen molar-refractivity contribution >= 4 is 21.4 Å². The Kier molecular flexibility index (Phi) is 5.44. The van der Waals surface area contributed by atoms with Gasteiger partial charge in [0.25, 0.3) is 0 Å². The molecule has 0 saturated carbocycles. The van der Waals surface area contributed by atoms with Crippen LogP contribution in [0, 0.1) is 0 Å². The highest BCUT2D eigenvalue weighted by molar-refractivity contribution is 7.89. The number of nitrogens with one attached hydrogen (secondary N) is 2. The summed E-state index contributed by atoms with van der Waals surface area (Å²) in [4.78, 5) is 2.59. The van der Waals surface area contributed by atoms with Crippen molar-refractivity contribution in [2.75, 3.05) is 44.3 Å². The molecule has 0 aromatic heterocycles. The van der Waals surface area contributed by atoms with Crippen molar-refractivity contribution in [2.45, 2.75) is 24.2 Å². The van der Waals surface area contributed by atoms with Crippen LogP contribution in [0.2, 0.25) is 0 Å². The van der Waals surface area contributed by atoms with Crippen molar-refractivity contribution < 1.29 is 8.42 Å². The van der Waals surface area contributed by atoms with Gasteiger partial charge in [-0.25, -0.2) is 13.1 Å². The van der Waals surface area contributed by atoms with Crippen LogP contribution in [-0.2, 0) is 10.0 Å². The molecule has 0 spiro atoms. The Morgan fingerprint density at radius 3 is 2.62 bits per heavy atom. The highest BCUT2D eigenvalue weighted by Crippen LogP contribution is 2.22. The van der Waals surface area contributed by atoms with Gasteiger partial charge in [-0.15, -0.1) is 0 Å². The molecule has 21 heavy (non-hydrogen) atoms. The van der Waals surface area contributed by atoms with E-state index in [4.69, 9.17) is 5.73 Å². The number of nitrogens with zero attached hydrogens (tertiary/aromatic N) is 1. The minimum Gasteiger partial charge on any atom is -0.398 e. The first-order valence-corrected chi connectivity index (χ1v) is 8.80. The molecule has 1 aromatic carbocycles. The Morgan fingerprint density at radius 2 is 2.00 bits per heavy atom. The number of hydrogen-bond donors (Lipinski definition) is 3. The summed E-state index contributed by atoms with van der Waals surface area (Å²) in [5.74, 6) is 0. The van der Waals surface area contributed by atoms with Crippen molar-refractivity contribution in [3.8, 4) is 0 Å². The number of likely N-dealkylation sites (tertiary alicyclic amines) is 1. The van der Waals surface area contributed by atoms with Crippen molar-refractivity contribution in [1.82, 2.24) is 9.62 Å². The summed E-state index contributed by atoms with van der Waals surface area (Å²) in [6.07, 6.45) is 3.69. The van der Waals surface area contributed by atoms with Gasteiger partial charge in [0.15, 0.2) is 0 Å². The van der Waals surface area contributed by atoms with Gasteiger partial charge >= 0.3 is 0 Å². The van der Waals surface area contributed by atoms with Crippen LogP contribution in [0.1, 0.15) is 19.3 Å². The topological polar surface area (TPSA) is 87.5 Å². The molecule has 0 bridgehead atoms. The summed E-state index contributed by atoms with van der Waals surface area (Å²) in [5.41, 5.74) is 6.93. The molecule has 1 aromatic rings. The van der Waals surface area contributed by atoms with Gasteiger partial charge in [-0.1, -0.05) is 0 Å². The number of hydrogen-bond acceptors (Lipinski definition) is 5. The Labute approximate surface area is 126 Å². The third-order valence-corrected chi connectivity index (χ3v) is 5.24. The average molecular weight is 312 g/mol. The minimum absolute atomic E-state index is 0.118. The van der Waals surface area contributed by atoms with Crippen molar-refractivity contribution in [1.29, 1.82) is 0 Å². The quantitative estimate of drug-likeness (QED) is 0.518. The summed E-state index contributed by atoms with van der Waals surface area (Å²) in [5, 5.41) is 3.28. The number of nitrogen functional groups attached to an aromatic ring is 1. The normalized spacial score (nSPS) is 16.2. The van der Waals surface area contributed by atoms with Gasteiger partial charge in [0.2, 0.25) is 10.0 Å². The molecule has 6 nitrogen and oxygen atoms in total. The van der Waals surface area contributed by atoms with Crippen LogP contribution in [0.25, 0.3) is 0 Å². The van der Waals surface area contributed by atoms with Crippen LogP contribution in [0.15, 0.2) is 23.1 Å². The monoisotopic (exact) mass is 312 g/mol. The van der Waals surface area contributed by atoms with Crippen LogP contribution in [0.4, 0.5) is 11.4 Å². The fourth-order valence-corrected chi connectivity index (χ4v) is 3.39. The van der Waals surface area contributed by atoms with E-state index in [1.165, 1.54) is 39.0 Å². The number of anilines is 2. The molecule has 0 unspecified atom stereocenters. The molecule has 7 heteroatoms.